The van der Waals surface area contributed by atoms with E-state index < -0.39 is 23.4 Å². The van der Waals surface area contributed by atoms with Gasteiger partial charge < -0.3 is 10.1 Å². The van der Waals surface area contributed by atoms with Crippen molar-refractivity contribution in [2.75, 3.05) is 17.3 Å². The van der Waals surface area contributed by atoms with Crippen molar-refractivity contribution in [1.29, 1.82) is 0 Å². The molecule has 0 radical (unpaired) electrons. The van der Waals surface area contributed by atoms with Crippen LogP contribution in [-0.4, -0.2) is 18.9 Å². The second-order valence-electron chi connectivity index (χ2n) is 7.65. The van der Waals surface area contributed by atoms with Gasteiger partial charge in [-0.15, -0.1) is 0 Å². The van der Waals surface area contributed by atoms with Crippen LogP contribution >= 0.6 is 0 Å². The molecule has 0 fully saturated rings. The molecule has 1 aliphatic rings. The summed E-state index contributed by atoms with van der Waals surface area (Å²) < 4.78 is 32.9. The molecule has 2 amide bonds. The summed E-state index contributed by atoms with van der Waals surface area (Å²) in [6.45, 7) is 0. The number of carbonyl (C=O) groups is 2. The Bertz CT molecular complexity index is 1490. The molecular formula is C27H18F2N2O3. The number of benzene rings is 4. The molecule has 0 unspecified atom stereocenters. The van der Waals surface area contributed by atoms with Crippen LogP contribution in [0.4, 0.5) is 20.2 Å². The van der Waals surface area contributed by atoms with Gasteiger partial charge in [0.15, 0.2) is 11.6 Å². The van der Waals surface area contributed by atoms with Crippen LogP contribution in [-0.2, 0) is 9.59 Å². The average molecular weight is 456 g/mol. The highest BCUT2D eigenvalue weighted by Gasteiger charge is 2.41. The molecule has 5 rings (SSSR count). The minimum Gasteiger partial charge on any atom is -0.496 e. The van der Waals surface area contributed by atoms with Gasteiger partial charge in [-0.05, 0) is 29.7 Å². The number of halogens is 2. The van der Waals surface area contributed by atoms with Crippen LogP contribution in [0.15, 0.2) is 90.6 Å². The van der Waals surface area contributed by atoms with Crippen molar-refractivity contribution in [3.8, 4) is 5.75 Å². The van der Waals surface area contributed by atoms with Gasteiger partial charge in [0.2, 0.25) is 0 Å². The van der Waals surface area contributed by atoms with E-state index in [1.807, 2.05) is 36.4 Å². The highest BCUT2D eigenvalue weighted by atomic mass is 19.2. The summed E-state index contributed by atoms with van der Waals surface area (Å²) in [7, 11) is 1.46. The number of rotatable bonds is 5. The lowest BCUT2D eigenvalue weighted by molar-refractivity contribution is -0.120. The average Bonchev–Trinajstić information content (AvgIpc) is 3.10. The summed E-state index contributed by atoms with van der Waals surface area (Å²) in [5, 5.41) is 4.93. The first-order valence-electron chi connectivity index (χ1n) is 10.5. The van der Waals surface area contributed by atoms with Crippen molar-refractivity contribution in [2.24, 2.45) is 0 Å². The molecule has 0 spiro atoms. The maximum absolute atomic E-state index is 14.0. The second-order valence-corrected chi connectivity index (χ2v) is 7.65. The lowest BCUT2D eigenvalue weighted by Crippen LogP contribution is -2.32. The topological polar surface area (TPSA) is 58.6 Å². The van der Waals surface area contributed by atoms with Gasteiger partial charge >= 0.3 is 0 Å². The van der Waals surface area contributed by atoms with Gasteiger partial charge in [0.1, 0.15) is 11.4 Å². The van der Waals surface area contributed by atoms with E-state index in [0.717, 1.165) is 27.8 Å². The minimum absolute atomic E-state index is 0.00980. The van der Waals surface area contributed by atoms with Crippen molar-refractivity contribution in [3.05, 3.63) is 108 Å². The smallest absolute Gasteiger partial charge is 0.282 e. The second kappa shape index (κ2) is 8.44. The number of nitrogens with zero attached hydrogens (tertiary/aromatic N) is 1. The molecule has 0 saturated carbocycles. The van der Waals surface area contributed by atoms with E-state index in [-0.39, 0.29) is 17.0 Å². The van der Waals surface area contributed by atoms with E-state index in [9.17, 15) is 18.4 Å². The number of methoxy groups -OCH3 is 1. The van der Waals surface area contributed by atoms with E-state index in [2.05, 4.69) is 5.32 Å². The number of fused-ring (bicyclic) bond motifs is 1. The lowest BCUT2D eigenvalue weighted by atomic mass is 10.0. The van der Waals surface area contributed by atoms with Crippen LogP contribution in [0.2, 0.25) is 0 Å². The Morgan fingerprint density at radius 2 is 1.53 bits per heavy atom. The highest BCUT2D eigenvalue weighted by Crippen LogP contribution is 2.38. The van der Waals surface area contributed by atoms with Gasteiger partial charge in [-0.25, -0.2) is 13.7 Å². The number of imide groups is 1. The fraction of sp³-hybridized carbons (Fsp3) is 0.0370. The highest BCUT2D eigenvalue weighted by molar-refractivity contribution is 6.46. The molecule has 0 aromatic heterocycles. The Morgan fingerprint density at radius 3 is 2.32 bits per heavy atom. The van der Waals surface area contributed by atoms with Gasteiger partial charge in [-0.3, -0.25) is 9.59 Å². The Hall–Kier alpha value is -4.52. The molecule has 0 bridgehead atoms. The van der Waals surface area contributed by atoms with Crippen LogP contribution < -0.4 is 15.0 Å². The summed E-state index contributed by atoms with van der Waals surface area (Å²) in [6, 6.07) is 22.9. The van der Waals surface area contributed by atoms with Crippen molar-refractivity contribution >= 4 is 39.5 Å². The number of hydrogen-bond acceptors (Lipinski definition) is 4. The maximum Gasteiger partial charge on any atom is 0.282 e. The zero-order chi connectivity index (χ0) is 23.8. The SMILES string of the molecule is COc1ccccc1C1=C(Nc2cccc3ccccc23)C(=O)N(c2ccc(F)c(F)c2)C1=O. The molecule has 34 heavy (non-hydrogen) atoms. The van der Waals surface area contributed by atoms with Gasteiger partial charge in [-0.1, -0.05) is 54.6 Å². The molecule has 4 aromatic carbocycles. The number of hydrogen-bond donors (Lipinski definition) is 1. The number of anilines is 2. The zero-order valence-corrected chi connectivity index (χ0v) is 18.0. The van der Waals surface area contributed by atoms with Crippen molar-refractivity contribution in [2.45, 2.75) is 0 Å². The zero-order valence-electron chi connectivity index (χ0n) is 18.0. The quantitative estimate of drug-likeness (QED) is 0.402. The molecule has 1 aliphatic heterocycles. The number of nitrogens with one attached hydrogen (secondary N) is 1. The van der Waals surface area contributed by atoms with Gasteiger partial charge in [-0.2, -0.15) is 0 Å². The standard InChI is InChI=1S/C27H18F2N2O3/c1-34-23-12-5-4-10-19(23)24-25(30-22-11-6-8-16-7-2-3-9-18(16)22)27(33)31(26(24)32)17-13-14-20(28)21(29)15-17/h2-15,30H,1H3. The monoisotopic (exact) mass is 456 g/mol. The Balaban J connectivity index is 1.69. The molecule has 168 valence electrons. The van der Waals surface area contributed by atoms with Crippen LogP contribution in [0.3, 0.4) is 0 Å². The third kappa shape index (κ3) is 3.47. The Morgan fingerprint density at radius 1 is 0.794 bits per heavy atom. The molecule has 7 heteroatoms. The summed E-state index contributed by atoms with van der Waals surface area (Å²) in [4.78, 5) is 28.0. The largest absolute Gasteiger partial charge is 0.496 e. The van der Waals surface area contributed by atoms with Crippen LogP contribution in [0.5, 0.6) is 5.75 Å². The molecule has 4 aromatic rings. The van der Waals surface area contributed by atoms with Crippen LogP contribution in [0.1, 0.15) is 5.56 Å². The van der Waals surface area contributed by atoms with E-state index in [1.54, 1.807) is 30.3 Å². The van der Waals surface area contributed by atoms with Gasteiger partial charge in [0.25, 0.3) is 11.8 Å². The Kier molecular flexibility index (Phi) is 5.30. The van der Waals surface area contributed by atoms with E-state index in [1.165, 1.54) is 13.2 Å². The fourth-order valence-corrected chi connectivity index (χ4v) is 4.07. The van der Waals surface area contributed by atoms with Crippen molar-refractivity contribution < 1.29 is 23.1 Å². The molecule has 1 heterocycles. The fourth-order valence-electron chi connectivity index (χ4n) is 4.07. The first-order chi connectivity index (χ1) is 16.5. The normalized spacial score (nSPS) is 13.7. The van der Waals surface area contributed by atoms with Gasteiger partial charge in [0, 0.05) is 22.7 Å². The number of amides is 2. The van der Waals surface area contributed by atoms with Crippen LogP contribution in [0.25, 0.3) is 16.3 Å². The third-order valence-corrected chi connectivity index (χ3v) is 5.67. The predicted octanol–water partition coefficient (Wildman–Crippen LogP) is 5.52. The van der Waals surface area contributed by atoms with E-state index in [0.29, 0.717) is 17.0 Å². The summed E-state index contributed by atoms with van der Waals surface area (Å²) >= 11 is 0. The number of ether oxygens (including phenoxy) is 1. The van der Waals surface area contributed by atoms with Crippen molar-refractivity contribution in [1.82, 2.24) is 0 Å². The van der Waals surface area contributed by atoms with E-state index >= 15 is 0 Å². The van der Waals surface area contributed by atoms with Gasteiger partial charge in [0.05, 0.1) is 18.4 Å². The molecule has 5 nitrogen and oxygen atoms in total. The molecule has 0 atom stereocenters. The van der Waals surface area contributed by atoms with Crippen LogP contribution in [0, 0.1) is 11.6 Å². The first kappa shape index (κ1) is 21.3. The number of para-hydroxylation sites is 1. The van der Waals surface area contributed by atoms with Crippen molar-refractivity contribution in [3.63, 3.8) is 0 Å². The molecule has 0 saturated heterocycles. The van der Waals surface area contributed by atoms with E-state index in [4.69, 9.17) is 4.74 Å². The summed E-state index contributed by atoms with van der Waals surface area (Å²) in [5.41, 5.74) is 1.02. The summed E-state index contributed by atoms with van der Waals surface area (Å²) in [5.74, 6) is -3.21. The summed E-state index contributed by atoms with van der Waals surface area (Å²) in [6.07, 6.45) is 0. The molecular weight excluding hydrogens is 438 g/mol. The minimum atomic E-state index is -1.16. The predicted molar refractivity (Wildman–Crippen MR) is 126 cm³/mol. The number of carbonyl (C=O) groups excluding carboxylic acids is 2. The lowest BCUT2D eigenvalue weighted by Gasteiger charge is -2.16. The first-order valence-corrected chi connectivity index (χ1v) is 10.5. The third-order valence-electron chi connectivity index (χ3n) is 5.67. The maximum atomic E-state index is 14.0. The molecule has 1 N–H and O–H groups in total. The molecule has 0 aliphatic carbocycles. The Labute approximate surface area is 193 Å².